The molecule has 2 amide bonds. The minimum Gasteiger partial charge on any atom is -0.482 e. The van der Waals surface area contributed by atoms with E-state index in [0.717, 1.165) is 36.8 Å². The zero-order valence-corrected chi connectivity index (χ0v) is 27.7. The molecule has 0 unspecified atom stereocenters. The number of ether oxygens (including phenoxy) is 4. The monoisotopic (exact) mass is 675 g/mol. The lowest BCUT2D eigenvalue weighted by molar-refractivity contribution is -0.157. The minimum atomic E-state index is -0.971. The van der Waals surface area contributed by atoms with Gasteiger partial charge in [-0.25, -0.2) is 14.6 Å². The topological polar surface area (TPSA) is 159 Å². The van der Waals surface area contributed by atoms with Gasteiger partial charge < -0.3 is 34.0 Å². The highest BCUT2D eigenvalue weighted by atomic mass is 16.8. The second-order valence-corrected chi connectivity index (χ2v) is 11.6. The number of benzene rings is 2. The molecule has 0 spiro atoms. The first-order valence-electron chi connectivity index (χ1n) is 16.4. The lowest BCUT2D eigenvalue weighted by Gasteiger charge is -2.35. The Morgan fingerprint density at radius 3 is 2.33 bits per heavy atom. The van der Waals surface area contributed by atoms with Gasteiger partial charge in [0, 0.05) is 31.1 Å². The summed E-state index contributed by atoms with van der Waals surface area (Å²) in [6, 6.07) is 16.7. The molecule has 1 aliphatic heterocycles. The number of hydrogen-bond donors (Lipinski definition) is 1. The van der Waals surface area contributed by atoms with Crippen molar-refractivity contribution in [2.24, 2.45) is 0 Å². The molecular weight excluding hydrogens is 634 g/mol. The summed E-state index contributed by atoms with van der Waals surface area (Å²) in [5.74, 6) is -0.296. The van der Waals surface area contributed by atoms with E-state index in [9.17, 15) is 19.2 Å². The average Bonchev–Trinajstić information content (AvgIpc) is 3.64. The summed E-state index contributed by atoms with van der Waals surface area (Å²) in [6.45, 7) is 2.69. The molecule has 2 fully saturated rings. The Morgan fingerprint density at radius 1 is 0.939 bits per heavy atom. The highest BCUT2D eigenvalue weighted by molar-refractivity contribution is 5.96. The van der Waals surface area contributed by atoms with Gasteiger partial charge in [-0.1, -0.05) is 42.5 Å². The van der Waals surface area contributed by atoms with E-state index in [0.29, 0.717) is 17.5 Å². The van der Waals surface area contributed by atoms with Crippen LogP contribution in [-0.4, -0.2) is 103 Å². The first-order valence-corrected chi connectivity index (χ1v) is 16.4. The standard InChI is InChI=1S/C35H41N5O9/c1-3-46-35(44)49-40-19-17-39(18-20-40)34(43)29(21-24-13-15-26(16-14-24)47-23-31(41)45-2)37-33(42)28-22-30(48-27-11-7-8-12-27)38-32(36-28)25-9-5-4-6-10-25/h4-6,9-10,13-16,22,27,29H,3,7-8,11-12,17-21,23H2,1-2H3,(H,37,42)/t29-/m0/s1. The molecule has 1 saturated carbocycles. The largest absolute Gasteiger partial charge is 0.527 e. The second kappa shape index (κ2) is 17.2. The number of aromatic nitrogens is 2. The fourth-order valence-corrected chi connectivity index (χ4v) is 5.56. The van der Waals surface area contributed by atoms with Crippen molar-refractivity contribution >= 4 is 23.9 Å². The highest BCUT2D eigenvalue weighted by Crippen LogP contribution is 2.26. The zero-order valence-electron chi connectivity index (χ0n) is 27.7. The number of amides is 2. The van der Waals surface area contributed by atoms with Crippen LogP contribution in [0.15, 0.2) is 60.7 Å². The molecule has 1 aromatic heterocycles. The van der Waals surface area contributed by atoms with Crippen LogP contribution in [0.5, 0.6) is 11.6 Å². The van der Waals surface area contributed by atoms with Gasteiger partial charge >= 0.3 is 12.1 Å². The van der Waals surface area contributed by atoms with Crippen molar-refractivity contribution < 1.29 is 43.0 Å². The number of hydrogen-bond acceptors (Lipinski definition) is 12. The molecule has 2 aromatic carbocycles. The second-order valence-electron chi connectivity index (χ2n) is 11.6. The third-order valence-electron chi connectivity index (χ3n) is 8.12. The molecule has 3 aromatic rings. The normalized spacial score (nSPS) is 15.6. The van der Waals surface area contributed by atoms with E-state index in [1.165, 1.54) is 18.2 Å². The first kappa shape index (κ1) is 35.1. The number of piperazine rings is 1. The predicted octanol–water partition coefficient (Wildman–Crippen LogP) is 3.59. The number of hydroxylamine groups is 2. The molecular formula is C35H41N5O9. The number of carbonyl (C=O) groups excluding carboxylic acids is 4. The SMILES string of the molecule is CCOC(=O)ON1CCN(C(=O)[C@H](Cc2ccc(OCC(=O)OC)cc2)NC(=O)c2cc(OC3CCCC3)nc(-c3ccccc3)n2)CC1. The molecule has 14 heteroatoms. The maximum absolute atomic E-state index is 14.0. The maximum Gasteiger partial charge on any atom is 0.527 e. The number of esters is 1. The van der Waals surface area contributed by atoms with Crippen molar-refractivity contribution in [3.8, 4) is 23.0 Å². The van der Waals surface area contributed by atoms with Crippen molar-refractivity contribution in [1.82, 2.24) is 25.2 Å². The van der Waals surface area contributed by atoms with Crippen LogP contribution in [0.2, 0.25) is 0 Å². The van der Waals surface area contributed by atoms with Gasteiger partial charge in [0.25, 0.3) is 5.91 Å². The van der Waals surface area contributed by atoms with E-state index >= 15 is 0 Å². The van der Waals surface area contributed by atoms with E-state index in [4.69, 9.17) is 19.0 Å². The Morgan fingerprint density at radius 2 is 1.65 bits per heavy atom. The minimum absolute atomic E-state index is 0.00908. The van der Waals surface area contributed by atoms with Gasteiger partial charge in [0.2, 0.25) is 11.8 Å². The number of methoxy groups -OCH3 is 1. The lowest BCUT2D eigenvalue weighted by Crippen LogP contribution is -2.55. The third-order valence-corrected chi connectivity index (χ3v) is 8.12. The lowest BCUT2D eigenvalue weighted by atomic mass is 10.0. The predicted molar refractivity (Wildman–Crippen MR) is 176 cm³/mol. The molecule has 260 valence electrons. The molecule has 2 heterocycles. The molecule has 5 rings (SSSR count). The molecule has 1 aliphatic carbocycles. The first-order chi connectivity index (χ1) is 23.8. The number of rotatable bonds is 13. The van der Waals surface area contributed by atoms with Crippen molar-refractivity contribution in [3.05, 3.63) is 71.9 Å². The summed E-state index contributed by atoms with van der Waals surface area (Å²) in [5.41, 5.74) is 1.53. The number of nitrogens with one attached hydrogen (secondary N) is 1. The van der Waals surface area contributed by atoms with Gasteiger partial charge in [-0.2, -0.15) is 4.98 Å². The van der Waals surface area contributed by atoms with Crippen LogP contribution in [-0.2, 0) is 30.3 Å². The van der Waals surface area contributed by atoms with Crippen LogP contribution in [0, 0.1) is 0 Å². The fraction of sp³-hybridized carbons (Fsp3) is 0.429. The quantitative estimate of drug-likeness (QED) is 0.263. The van der Waals surface area contributed by atoms with Gasteiger partial charge in [-0.15, -0.1) is 5.06 Å². The van der Waals surface area contributed by atoms with E-state index in [1.54, 1.807) is 36.1 Å². The summed E-state index contributed by atoms with van der Waals surface area (Å²) < 4.78 is 21.1. The van der Waals surface area contributed by atoms with Gasteiger partial charge in [-0.3, -0.25) is 9.59 Å². The molecule has 0 radical (unpaired) electrons. The molecule has 1 saturated heterocycles. The summed E-state index contributed by atoms with van der Waals surface area (Å²) in [7, 11) is 1.28. The molecule has 1 N–H and O–H groups in total. The smallest absolute Gasteiger partial charge is 0.482 e. The Labute approximate surface area is 284 Å². The average molecular weight is 676 g/mol. The van der Waals surface area contributed by atoms with E-state index < -0.39 is 24.1 Å². The van der Waals surface area contributed by atoms with Gasteiger partial charge in [0.05, 0.1) is 26.8 Å². The van der Waals surface area contributed by atoms with Crippen LogP contribution in [0.3, 0.4) is 0 Å². The third kappa shape index (κ3) is 10.1. The van der Waals surface area contributed by atoms with Crippen LogP contribution in [0.1, 0.15) is 48.7 Å². The van der Waals surface area contributed by atoms with Crippen LogP contribution in [0.25, 0.3) is 11.4 Å². The Balaban J connectivity index is 1.35. The van der Waals surface area contributed by atoms with Gasteiger partial charge in [0.1, 0.15) is 23.6 Å². The molecule has 14 nitrogen and oxygen atoms in total. The van der Waals surface area contributed by atoms with Crippen LogP contribution >= 0.6 is 0 Å². The van der Waals surface area contributed by atoms with Crippen LogP contribution < -0.4 is 14.8 Å². The van der Waals surface area contributed by atoms with Gasteiger partial charge in [-0.05, 0) is 50.3 Å². The van der Waals surface area contributed by atoms with Crippen molar-refractivity contribution in [3.63, 3.8) is 0 Å². The molecule has 2 aliphatic rings. The number of nitrogens with zero attached hydrogens (tertiary/aromatic N) is 4. The van der Waals surface area contributed by atoms with E-state index in [2.05, 4.69) is 20.0 Å². The summed E-state index contributed by atoms with van der Waals surface area (Å²) in [6.07, 6.45) is 3.32. The van der Waals surface area contributed by atoms with Crippen molar-refractivity contribution in [2.45, 2.75) is 51.2 Å². The van der Waals surface area contributed by atoms with E-state index in [-0.39, 0.29) is 63.5 Å². The molecule has 0 bridgehead atoms. The summed E-state index contributed by atoms with van der Waals surface area (Å²) >= 11 is 0. The van der Waals surface area contributed by atoms with Crippen molar-refractivity contribution in [1.29, 1.82) is 0 Å². The Bertz CT molecular complexity index is 1570. The van der Waals surface area contributed by atoms with E-state index in [1.807, 2.05) is 30.3 Å². The summed E-state index contributed by atoms with van der Waals surface area (Å²) in [5, 5.41) is 4.36. The maximum atomic E-state index is 14.0. The Kier molecular flexibility index (Phi) is 12.3. The van der Waals surface area contributed by atoms with Crippen LogP contribution in [0.4, 0.5) is 4.79 Å². The van der Waals surface area contributed by atoms with Gasteiger partial charge in [0.15, 0.2) is 12.4 Å². The summed E-state index contributed by atoms with van der Waals surface area (Å²) in [4.78, 5) is 67.1. The fourth-order valence-electron chi connectivity index (χ4n) is 5.56. The highest BCUT2D eigenvalue weighted by Gasteiger charge is 2.31. The number of carbonyl (C=O) groups is 4. The zero-order chi connectivity index (χ0) is 34.6. The van der Waals surface area contributed by atoms with Crippen molar-refractivity contribution in [2.75, 3.05) is 46.5 Å². The Hall–Kier alpha value is -5.24. The molecule has 49 heavy (non-hydrogen) atoms. The molecule has 1 atom stereocenters.